The second kappa shape index (κ2) is 3.73. The summed E-state index contributed by atoms with van der Waals surface area (Å²) in [5.41, 5.74) is 0.813. The summed E-state index contributed by atoms with van der Waals surface area (Å²) in [5.74, 6) is -1.61. The summed E-state index contributed by atoms with van der Waals surface area (Å²) in [6, 6.07) is 13.4. The van der Waals surface area contributed by atoms with E-state index in [-0.39, 0.29) is 0 Å². The lowest BCUT2D eigenvalue weighted by Crippen LogP contribution is -2.28. The van der Waals surface area contributed by atoms with Crippen LogP contribution in [0.4, 0.5) is 0 Å². The molecule has 2 rings (SSSR count). The third-order valence-corrected chi connectivity index (χ3v) is 2.64. The minimum absolute atomic E-state index is 0.573. The molecule has 0 saturated carbocycles. The molecule has 1 unspecified atom stereocenters. The number of carboxylic acid groups (broad SMARTS) is 1. The highest BCUT2D eigenvalue weighted by Gasteiger charge is 2.09. The van der Waals surface area contributed by atoms with E-state index in [4.69, 9.17) is 0 Å². The molecule has 15 heavy (non-hydrogen) atoms. The largest absolute Gasteiger partial charge is 0.550 e. The van der Waals surface area contributed by atoms with Crippen LogP contribution in [0.2, 0.25) is 0 Å². The zero-order valence-corrected chi connectivity index (χ0v) is 8.44. The average Bonchev–Trinajstić information content (AvgIpc) is 2.27. The monoisotopic (exact) mass is 199 g/mol. The Balaban J connectivity index is 2.65. The number of carbonyl (C=O) groups excluding carboxylic acids is 1. The van der Waals surface area contributed by atoms with E-state index in [0.29, 0.717) is 0 Å². The molecule has 2 nitrogen and oxygen atoms in total. The predicted molar refractivity (Wildman–Crippen MR) is 57.4 cm³/mol. The van der Waals surface area contributed by atoms with Gasteiger partial charge in [-0.2, -0.15) is 0 Å². The SMILES string of the molecule is CC(C(=O)[O-])c1cccc2ccccc12. The van der Waals surface area contributed by atoms with E-state index in [9.17, 15) is 9.90 Å². The Morgan fingerprint density at radius 2 is 1.80 bits per heavy atom. The fourth-order valence-corrected chi connectivity index (χ4v) is 1.76. The fraction of sp³-hybridized carbons (Fsp3) is 0.154. The highest BCUT2D eigenvalue weighted by molar-refractivity contribution is 5.90. The second-order valence-electron chi connectivity index (χ2n) is 3.61. The van der Waals surface area contributed by atoms with E-state index in [0.717, 1.165) is 16.3 Å². The summed E-state index contributed by atoms with van der Waals surface area (Å²) < 4.78 is 0. The van der Waals surface area contributed by atoms with E-state index in [1.54, 1.807) is 6.92 Å². The normalized spacial score (nSPS) is 12.6. The van der Waals surface area contributed by atoms with E-state index in [1.165, 1.54) is 0 Å². The average molecular weight is 199 g/mol. The van der Waals surface area contributed by atoms with Gasteiger partial charge >= 0.3 is 0 Å². The first-order valence-corrected chi connectivity index (χ1v) is 4.88. The Morgan fingerprint density at radius 3 is 2.53 bits per heavy atom. The van der Waals surface area contributed by atoms with Gasteiger partial charge in [0.25, 0.3) is 0 Å². The van der Waals surface area contributed by atoms with Gasteiger partial charge in [0.1, 0.15) is 0 Å². The van der Waals surface area contributed by atoms with Gasteiger partial charge in [0.15, 0.2) is 0 Å². The van der Waals surface area contributed by atoms with Crippen molar-refractivity contribution in [2.24, 2.45) is 0 Å². The van der Waals surface area contributed by atoms with Crippen LogP contribution in [0.3, 0.4) is 0 Å². The first kappa shape index (κ1) is 9.71. The number of hydrogen-bond donors (Lipinski definition) is 0. The van der Waals surface area contributed by atoms with Crippen molar-refractivity contribution in [1.29, 1.82) is 0 Å². The van der Waals surface area contributed by atoms with Crippen molar-refractivity contribution in [3.05, 3.63) is 48.0 Å². The lowest BCUT2D eigenvalue weighted by Gasteiger charge is -2.15. The zero-order valence-electron chi connectivity index (χ0n) is 8.44. The van der Waals surface area contributed by atoms with Crippen molar-refractivity contribution in [3.8, 4) is 0 Å². The third kappa shape index (κ3) is 1.71. The van der Waals surface area contributed by atoms with Crippen molar-refractivity contribution in [3.63, 3.8) is 0 Å². The molecule has 0 aliphatic rings. The molecule has 0 heterocycles. The van der Waals surface area contributed by atoms with Gasteiger partial charge in [-0.3, -0.25) is 0 Å². The molecule has 0 spiro atoms. The number of carboxylic acids is 1. The minimum atomic E-state index is -1.04. The summed E-state index contributed by atoms with van der Waals surface area (Å²) in [5, 5.41) is 12.9. The van der Waals surface area contributed by atoms with Crippen LogP contribution in [0.25, 0.3) is 10.8 Å². The van der Waals surface area contributed by atoms with Gasteiger partial charge in [-0.1, -0.05) is 49.4 Å². The second-order valence-corrected chi connectivity index (χ2v) is 3.61. The Morgan fingerprint density at radius 1 is 1.13 bits per heavy atom. The molecule has 2 aromatic carbocycles. The highest BCUT2D eigenvalue weighted by atomic mass is 16.4. The number of carbonyl (C=O) groups is 1. The summed E-state index contributed by atoms with van der Waals surface area (Å²) >= 11 is 0. The quantitative estimate of drug-likeness (QED) is 0.738. The predicted octanol–water partition coefficient (Wildman–Crippen LogP) is 1.69. The van der Waals surface area contributed by atoms with Gasteiger partial charge in [0.05, 0.1) is 0 Å². The maximum atomic E-state index is 10.8. The number of hydrogen-bond acceptors (Lipinski definition) is 2. The zero-order chi connectivity index (χ0) is 10.8. The Hall–Kier alpha value is -1.83. The van der Waals surface area contributed by atoms with E-state index >= 15 is 0 Å². The van der Waals surface area contributed by atoms with E-state index in [1.807, 2.05) is 42.5 Å². The van der Waals surface area contributed by atoms with E-state index < -0.39 is 11.9 Å². The smallest absolute Gasteiger partial charge is 0.0486 e. The van der Waals surface area contributed by atoms with Gasteiger partial charge in [0.2, 0.25) is 0 Å². The molecule has 0 bridgehead atoms. The summed E-state index contributed by atoms with van der Waals surface area (Å²) in [6.07, 6.45) is 0. The molecule has 0 aromatic heterocycles. The molecular formula is C13H11O2-. The van der Waals surface area contributed by atoms with Crippen LogP contribution in [0, 0.1) is 0 Å². The van der Waals surface area contributed by atoms with Crippen LogP contribution < -0.4 is 5.11 Å². The van der Waals surface area contributed by atoms with Gasteiger partial charge in [-0.15, -0.1) is 0 Å². The van der Waals surface area contributed by atoms with Crippen molar-refractivity contribution in [2.45, 2.75) is 12.8 Å². The number of benzene rings is 2. The topological polar surface area (TPSA) is 40.1 Å². The van der Waals surface area contributed by atoms with Crippen molar-refractivity contribution >= 4 is 16.7 Å². The van der Waals surface area contributed by atoms with Crippen LogP contribution in [0.5, 0.6) is 0 Å². The Bertz CT molecular complexity index is 497. The van der Waals surface area contributed by atoms with Crippen molar-refractivity contribution in [2.75, 3.05) is 0 Å². The molecule has 0 radical (unpaired) electrons. The van der Waals surface area contributed by atoms with Crippen LogP contribution in [0.15, 0.2) is 42.5 Å². The fourth-order valence-electron chi connectivity index (χ4n) is 1.76. The number of rotatable bonds is 2. The number of fused-ring (bicyclic) bond motifs is 1. The van der Waals surface area contributed by atoms with Crippen molar-refractivity contribution in [1.82, 2.24) is 0 Å². The van der Waals surface area contributed by atoms with Crippen LogP contribution in [-0.4, -0.2) is 5.97 Å². The molecule has 0 amide bonds. The van der Waals surface area contributed by atoms with Gasteiger partial charge in [-0.05, 0) is 16.3 Å². The lowest BCUT2D eigenvalue weighted by atomic mass is 9.95. The molecular weight excluding hydrogens is 188 g/mol. The Kier molecular flexibility index (Phi) is 2.42. The lowest BCUT2D eigenvalue weighted by molar-refractivity contribution is -0.307. The van der Waals surface area contributed by atoms with E-state index in [2.05, 4.69) is 0 Å². The maximum Gasteiger partial charge on any atom is 0.0486 e. The first-order valence-electron chi connectivity index (χ1n) is 4.88. The van der Waals surface area contributed by atoms with Crippen LogP contribution in [-0.2, 0) is 4.79 Å². The number of aliphatic carboxylic acids is 1. The molecule has 76 valence electrons. The maximum absolute atomic E-state index is 10.8. The highest BCUT2D eigenvalue weighted by Crippen LogP contribution is 2.24. The molecule has 0 N–H and O–H groups in total. The molecule has 2 heteroatoms. The van der Waals surface area contributed by atoms with Gasteiger partial charge in [0, 0.05) is 11.9 Å². The summed E-state index contributed by atoms with van der Waals surface area (Å²) in [4.78, 5) is 10.8. The van der Waals surface area contributed by atoms with Crippen LogP contribution >= 0.6 is 0 Å². The van der Waals surface area contributed by atoms with Crippen molar-refractivity contribution < 1.29 is 9.90 Å². The Labute approximate surface area is 88.2 Å². The third-order valence-electron chi connectivity index (χ3n) is 2.64. The summed E-state index contributed by atoms with van der Waals surface area (Å²) in [6.45, 7) is 1.65. The molecule has 1 atom stereocenters. The molecule has 0 saturated heterocycles. The molecule has 0 fully saturated rings. The molecule has 0 aliphatic carbocycles. The summed E-state index contributed by atoms with van der Waals surface area (Å²) in [7, 11) is 0. The molecule has 0 aliphatic heterocycles. The molecule has 2 aromatic rings. The standard InChI is InChI=1S/C13H12O2/c1-9(13(14)15)11-8-4-6-10-5-2-3-7-12(10)11/h2-9H,1H3,(H,14,15)/p-1. The van der Waals surface area contributed by atoms with Gasteiger partial charge in [-0.25, -0.2) is 0 Å². The van der Waals surface area contributed by atoms with Crippen LogP contribution in [0.1, 0.15) is 18.4 Å². The minimum Gasteiger partial charge on any atom is -0.550 e. The van der Waals surface area contributed by atoms with Gasteiger partial charge < -0.3 is 9.90 Å². The first-order chi connectivity index (χ1) is 7.20.